The Labute approximate surface area is 79.1 Å². The standard InChI is InChI=1S/C9H18N4/c1-8(2)13-7-12-6-9(13)5-11-4-3-10/h6-8,11H,3-5,10H2,1-2H3. The summed E-state index contributed by atoms with van der Waals surface area (Å²) in [7, 11) is 0. The van der Waals surface area contributed by atoms with Crippen LogP contribution in [0.25, 0.3) is 0 Å². The summed E-state index contributed by atoms with van der Waals surface area (Å²) in [5, 5.41) is 3.25. The lowest BCUT2D eigenvalue weighted by Crippen LogP contribution is -2.23. The van der Waals surface area contributed by atoms with E-state index in [-0.39, 0.29) is 0 Å². The van der Waals surface area contributed by atoms with Crippen LogP contribution in [0.1, 0.15) is 25.6 Å². The summed E-state index contributed by atoms with van der Waals surface area (Å²) >= 11 is 0. The van der Waals surface area contributed by atoms with Gasteiger partial charge >= 0.3 is 0 Å². The molecule has 1 aromatic heterocycles. The summed E-state index contributed by atoms with van der Waals surface area (Å²) in [6.07, 6.45) is 3.76. The fraction of sp³-hybridized carbons (Fsp3) is 0.667. The highest BCUT2D eigenvalue weighted by Crippen LogP contribution is 2.07. The zero-order valence-electron chi connectivity index (χ0n) is 8.33. The molecular formula is C9H18N4. The Morgan fingerprint density at radius 3 is 3.00 bits per heavy atom. The SMILES string of the molecule is CC(C)n1cncc1CNCCN. The first kappa shape index (κ1) is 10.2. The maximum Gasteiger partial charge on any atom is 0.0951 e. The Morgan fingerprint density at radius 2 is 2.38 bits per heavy atom. The van der Waals surface area contributed by atoms with E-state index >= 15 is 0 Å². The summed E-state index contributed by atoms with van der Waals surface area (Å²) in [5.41, 5.74) is 6.59. The normalized spacial score (nSPS) is 11.1. The van der Waals surface area contributed by atoms with Crippen LogP contribution in [0.15, 0.2) is 12.5 Å². The number of hydrogen-bond donors (Lipinski definition) is 2. The van der Waals surface area contributed by atoms with Gasteiger partial charge in [-0.1, -0.05) is 0 Å². The van der Waals surface area contributed by atoms with Crippen LogP contribution in [0.5, 0.6) is 0 Å². The molecule has 0 unspecified atom stereocenters. The quantitative estimate of drug-likeness (QED) is 0.652. The maximum atomic E-state index is 5.38. The van der Waals surface area contributed by atoms with Gasteiger partial charge in [0.15, 0.2) is 0 Å². The van der Waals surface area contributed by atoms with Crippen LogP contribution < -0.4 is 11.1 Å². The number of rotatable bonds is 5. The van der Waals surface area contributed by atoms with Gasteiger partial charge in [0.05, 0.1) is 12.0 Å². The number of aromatic nitrogens is 2. The lowest BCUT2D eigenvalue weighted by Gasteiger charge is -2.11. The molecule has 13 heavy (non-hydrogen) atoms. The van der Waals surface area contributed by atoms with E-state index in [0.717, 1.165) is 13.1 Å². The van der Waals surface area contributed by atoms with Gasteiger partial charge < -0.3 is 15.6 Å². The minimum absolute atomic E-state index is 0.470. The largest absolute Gasteiger partial charge is 0.331 e. The fourth-order valence-corrected chi connectivity index (χ4v) is 1.25. The lowest BCUT2D eigenvalue weighted by molar-refractivity contribution is 0.552. The predicted molar refractivity (Wildman–Crippen MR) is 53.4 cm³/mol. The summed E-state index contributed by atoms with van der Waals surface area (Å²) in [5.74, 6) is 0. The Balaban J connectivity index is 2.50. The molecule has 74 valence electrons. The van der Waals surface area contributed by atoms with Crippen molar-refractivity contribution in [1.82, 2.24) is 14.9 Å². The minimum Gasteiger partial charge on any atom is -0.331 e. The van der Waals surface area contributed by atoms with E-state index < -0.39 is 0 Å². The molecule has 0 radical (unpaired) electrons. The molecule has 0 saturated heterocycles. The molecule has 0 aromatic carbocycles. The Kier molecular flexibility index (Phi) is 3.92. The average Bonchev–Trinajstić information content (AvgIpc) is 2.53. The molecular weight excluding hydrogens is 164 g/mol. The van der Waals surface area contributed by atoms with Crippen molar-refractivity contribution in [1.29, 1.82) is 0 Å². The molecule has 0 aliphatic rings. The predicted octanol–water partition coefficient (Wildman–Crippen LogP) is 0.512. The van der Waals surface area contributed by atoms with Crippen molar-refractivity contribution in [3.63, 3.8) is 0 Å². The Morgan fingerprint density at radius 1 is 1.62 bits per heavy atom. The van der Waals surface area contributed by atoms with Crippen LogP contribution in [-0.2, 0) is 6.54 Å². The minimum atomic E-state index is 0.470. The van der Waals surface area contributed by atoms with Crippen molar-refractivity contribution in [3.8, 4) is 0 Å². The molecule has 0 aliphatic carbocycles. The second kappa shape index (κ2) is 4.99. The van der Waals surface area contributed by atoms with Gasteiger partial charge in [0.25, 0.3) is 0 Å². The molecule has 0 bridgehead atoms. The fourth-order valence-electron chi connectivity index (χ4n) is 1.25. The van der Waals surface area contributed by atoms with E-state index in [0.29, 0.717) is 12.6 Å². The van der Waals surface area contributed by atoms with E-state index in [1.165, 1.54) is 5.69 Å². The first-order valence-corrected chi connectivity index (χ1v) is 4.67. The summed E-state index contributed by atoms with van der Waals surface area (Å²) < 4.78 is 2.16. The summed E-state index contributed by atoms with van der Waals surface area (Å²) in [6, 6.07) is 0.470. The molecule has 0 atom stereocenters. The van der Waals surface area contributed by atoms with Gasteiger partial charge in [0, 0.05) is 31.9 Å². The number of imidazole rings is 1. The molecule has 0 saturated carbocycles. The van der Waals surface area contributed by atoms with Crippen molar-refractivity contribution in [3.05, 3.63) is 18.2 Å². The van der Waals surface area contributed by atoms with Gasteiger partial charge in [-0.3, -0.25) is 0 Å². The summed E-state index contributed by atoms with van der Waals surface area (Å²) in [6.45, 7) is 6.66. The third-order valence-corrected chi connectivity index (χ3v) is 1.93. The number of hydrogen-bond acceptors (Lipinski definition) is 3. The van der Waals surface area contributed by atoms with Gasteiger partial charge in [-0.2, -0.15) is 0 Å². The van der Waals surface area contributed by atoms with Gasteiger partial charge in [-0.05, 0) is 13.8 Å². The molecule has 0 fully saturated rings. The van der Waals surface area contributed by atoms with Crippen molar-refractivity contribution < 1.29 is 0 Å². The van der Waals surface area contributed by atoms with Crippen LogP contribution in [-0.4, -0.2) is 22.6 Å². The van der Waals surface area contributed by atoms with E-state index in [2.05, 4.69) is 28.7 Å². The molecule has 0 aliphatic heterocycles. The van der Waals surface area contributed by atoms with E-state index in [4.69, 9.17) is 5.73 Å². The third-order valence-electron chi connectivity index (χ3n) is 1.93. The Hall–Kier alpha value is -0.870. The van der Waals surface area contributed by atoms with Gasteiger partial charge in [-0.15, -0.1) is 0 Å². The molecule has 0 amide bonds. The second-order valence-electron chi connectivity index (χ2n) is 3.35. The molecule has 1 rings (SSSR count). The van der Waals surface area contributed by atoms with Crippen molar-refractivity contribution in [2.24, 2.45) is 5.73 Å². The van der Waals surface area contributed by atoms with Gasteiger partial charge in [-0.25, -0.2) is 4.98 Å². The molecule has 1 heterocycles. The third kappa shape index (κ3) is 2.82. The zero-order chi connectivity index (χ0) is 9.68. The molecule has 1 aromatic rings. The van der Waals surface area contributed by atoms with E-state index in [1.54, 1.807) is 0 Å². The van der Waals surface area contributed by atoms with Crippen LogP contribution in [0, 0.1) is 0 Å². The van der Waals surface area contributed by atoms with Crippen molar-refractivity contribution in [2.75, 3.05) is 13.1 Å². The number of nitrogens with zero attached hydrogens (tertiary/aromatic N) is 2. The molecule has 3 N–H and O–H groups in total. The van der Waals surface area contributed by atoms with Crippen molar-refractivity contribution in [2.45, 2.75) is 26.4 Å². The smallest absolute Gasteiger partial charge is 0.0951 e. The average molecular weight is 182 g/mol. The highest BCUT2D eigenvalue weighted by molar-refractivity contribution is 4.99. The second-order valence-corrected chi connectivity index (χ2v) is 3.35. The topological polar surface area (TPSA) is 55.9 Å². The number of nitrogens with one attached hydrogen (secondary N) is 1. The van der Waals surface area contributed by atoms with Crippen LogP contribution >= 0.6 is 0 Å². The molecule has 0 spiro atoms. The van der Waals surface area contributed by atoms with Gasteiger partial charge in [0.2, 0.25) is 0 Å². The summed E-state index contributed by atoms with van der Waals surface area (Å²) in [4.78, 5) is 4.11. The maximum absolute atomic E-state index is 5.38. The lowest BCUT2D eigenvalue weighted by atomic mass is 10.3. The van der Waals surface area contributed by atoms with Crippen LogP contribution in [0.4, 0.5) is 0 Å². The molecule has 4 heteroatoms. The Bertz CT molecular complexity index is 242. The van der Waals surface area contributed by atoms with Crippen LogP contribution in [0.2, 0.25) is 0 Å². The number of nitrogens with two attached hydrogens (primary N) is 1. The van der Waals surface area contributed by atoms with Gasteiger partial charge in [0.1, 0.15) is 0 Å². The molecule has 4 nitrogen and oxygen atoms in total. The monoisotopic (exact) mass is 182 g/mol. The highest BCUT2D eigenvalue weighted by atomic mass is 15.1. The van der Waals surface area contributed by atoms with E-state index in [9.17, 15) is 0 Å². The first-order valence-electron chi connectivity index (χ1n) is 4.67. The highest BCUT2D eigenvalue weighted by Gasteiger charge is 2.03. The van der Waals surface area contributed by atoms with Crippen LogP contribution in [0.3, 0.4) is 0 Å². The first-order chi connectivity index (χ1) is 6.25. The zero-order valence-corrected chi connectivity index (χ0v) is 8.33. The van der Waals surface area contributed by atoms with Crippen molar-refractivity contribution >= 4 is 0 Å². The van der Waals surface area contributed by atoms with E-state index in [1.807, 2.05) is 12.5 Å².